The Morgan fingerprint density at radius 3 is 2.38 bits per heavy atom. The fourth-order valence-electron chi connectivity index (χ4n) is 2.45. The van der Waals surface area contributed by atoms with E-state index in [4.69, 9.17) is 9.15 Å². The second-order valence-electron chi connectivity index (χ2n) is 6.04. The summed E-state index contributed by atoms with van der Waals surface area (Å²) in [5, 5.41) is 6.46. The summed E-state index contributed by atoms with van der Waals surface area (Å²) in [6.07, 6.45) is 0. The number of halogens is 1. The van der Waals surface area contributed by atoms with Gasteiger partial charge in [0.15, 0.2) is 5.96 Å². The third-order valence-electron chi connectivity index (χ3n) is 3.65. The van der Waals surface area contributed by atoms with Crippen molar-refractivity contribution in [3.63, 3.8) is 0 Å². The number of hydrogen-bond donors (Lipinski definition) is 2. The molecule has 6 nitrogen and oxygen atoms in total. The number of ether oxygens (including phenoxy) is 1. The summed E-state index contributed by atoms with van der Waals surface area (Å²) in [4.78, 5) is 8.83. The van der Waals surface area contributed by atoms with Gasteiger partial charge in [0.2, 0.25) is 5.89 Å². The number of nitrogens with zero attached hydrogens (tertiary/aromatic N) is 2. The van der Waals surface area contributed by atoms with Gasteiger partial charge >= 0.3 is 0 Å². The van der Waals surface area contributed by atoms with Crippen LogP contribution in [0.15, 0.2) is 27.6 Å². The van der Waals surface area contributed by atoms with Crippen molar-refractivity contribution in [3.05, 3.63) is 46.7 Å². The van der Waals surface area contributed by atoms with Gasteiger partial charge in [0.25, 0.3) is 0 Å². The fourth-order valence-corrected chi connectivity index (χ4v) is 2.45. The topological polar surface area (TPSA) is 71.7 Å². The number of guanidine groups is 1. The molecule has 0 amide bonds. The van der Waals surface area contributed by atoms with Gasteiger partial charge in [-0.15, -0.1) is 24.0 Å². The standard InChI is InChI=1S/C19H28N4O2.HI/c1-6-20-19(22-12-18-23-15(4)16(5)25-18)21-7-8-24-17-10-13(2)9-14(3)11-17;/h9-11H,6-8,12H2,1-5H3,(H2,20,21,22);1H. The average Bonchev–Trinajstić information content (AvgIpc) is 2.86. The Bertz CT molecular complexity index is 689. The van der Waals surface area contributed by atoms with Gasteiger partial charge in [-0.05, 0) is 57.9 Å². The van der Waals surface area contributed by atoms with E-state index >= 15 is 0 Å². The lowest BCUT2D eigenvalue weighted by Gasteiger charge is -2.12. The Labute approximate surface area is 172 Å². The number of benzene rings is 1. The van der Waals surface area contributed by atoms with E-state index in [1.54, 1.807) is 0 Å². The molecule has 7 heteroatoms. The van der Waals surface area contributed by atoms with Gasteiger partial charge in [0.05, 0.1) is 12.2 Å². The van der Waals surface area contributed by atoms with Crippen molar-refractivity contribution < 1.29 is 9.15 Å². The fraction of sp³-hybridized carbons (Fsp3) is 0.474. The molecule has 144 valence electrons. The maximum absolute atomic E-state index is 5.80. The molecule has 0 unspecified atom stereocenters. The van der Waals surface area contributed by atoms with E-state index in [-0.39, 0.29) is 24.0 Å². The minimum absolute atomic E-state index is 0. The zero-order valence-electron chi connectivity index (χ0n) is 16.2. The number of aliphatic imine (C=N–C) groups is 1. The predicted molar refractivity (Wildman–Crippen MR) is 116 cm³/mol. The summed E-state index contributed by atoms with van der Waals surface area (Å²) in [7, 11) is 0. The Morgan fingerprint density at radius 2 is 1.81 bits per heavy atom. The zero-order chi connectivity index (χ0) is 18.2. The normalized spacial score (nSPS) is 11.0. The number of nitrogens with one attached hydrogen (secondary N) is 2. The maximum atomic E-state index is 5.80. The van der Waals surface area contributed by atoms with Crippen LogP contribution in [0.5, 0.6) is 5.75 Å². The van der Waals surface area contributed by atoms with Crippen LogP contribution in [-0.2, 0) is 6.54 Å². The van der Waals surface area contributed by atoms with Crippen molar-refractivity contribution in [1.29, 1.82) is 0 Å². The summed E-state index contributed by atoms with van der Waals surface area (Å²) < 4.78 is 11.4. The summed E-state index contributed by atoms with van der Waals surface area (Å²) in [6.45, 7) is 12.4. The Hall–Kier alpha value is -1.77. The summed E-state index contributed by atoms with van der Waals surface area (Å²) in [6, 6.07) is 6.21. The van der Waals surface area contributed by atoms with Crippen molar-refractivity contribution in [2.45, 2.75) is 41.2 Å². The first-order chi connectivity index (χ1) is 12.0. The van der Waals surface area contributed by atoms with E-state index < -0.39 is 0 Å². The van der Waals surface area contributed by atoms with E-state index in [0.29, 0.717) is 25.6 Å². The molecular formula is C19H29IN4O2. The summed E-state index contributed by atoms with van der Waals surface area (Å²) in [5.41, 5.74) is 3.31. The molecule has 0 saturated heterocycles. The lowest BCUT2D eigenvalue weighted by atomic mass is 10.1. The monoisotopic (exact) mass is 472 g/mol. The van der Waals surface area contributed by atoms with Crippen LogP contribution in [0.25, 0.3) is 0 Å². The quantitative estimate of drug-likeness (QED) is 0.279. The Kier molecular flexibility index (Phi) is 9.47. The molecule has 0 aliphatic rings. The van der Waals surface area contributed by atoms with Gasteiger partial charge in [0.1, 0.15) is 24.7 Å². The van der Waals surface area contributed by atoms with Gasteiger partial charge in [0, 0.05) is 6.54 Å². The molecule has 0 atom stereocenters. The third kappa shape index (κ3) is 7.23. The molecule has 1 aromatic carbocycles. The highest BCUT2D eigenvalue weighted by Gasteiger charge is 2.05. The maximum Gasteiger partial charge on any atom is 0.216 e. The van der Waals surface area contributed by atoms with Crippen LogP contribution in [0.2, 0.25) is 0 Å². The summed E-state index contributed by atoms with van der Waals surface area (Å²) in [5.74, 6) is 3.08. The van der Waals surface area contributed by atoms with Crippen molar-refractivity contribution in [2.75, 3.05) is 19.7 Å². The highest BCUT2D eigenvalue weighted by atomic mass is 127. The lowest BCUT2D eigenvalue weighted by Crippen LogP contribution is -2.39. The SMILES string of the molecule is CCNC(=NCc1nc(C)c(C)o1)NCCOc1cc(C)cc(C)c1.I. The largest absolute Gasteiger partial charge is 0.492 e. The molecule has 1 aromatic heterocycles. The number of hydrogen-bond acceptors (Lipinski definition) is 4. The number of rotatable bonds is 7. The molecule has 0 bridgehead atoms. The first kappa shape index (κ1) is 22.3. The van der Waals surface area contributed by atoms with Crippen molar-refractivity contribution in [3.8, 4) is 5.75 Å². The van der Waals surface area contributed by atoms with Gasteiger partial charge in [-0.1, -0.05) is 6.07 Å². The second-order valence-corrected chi connectivity index (χ2v) is 6.04. The molecule has 2 aromatic rings. The van der Waals surface area contributed by atoms with Gasteiger partial charge in [-0.3, -0.25) is 0 Å². The zero-order valence-corrected chi connectivity index (χ0v) is 18.5. The van der Waals surface area contributed by atoms with Crippen molar-refractivity contribution in [1.82, 2.24) is 15.6 Å². The molecule has 2 N–H and O–H groups in total. The minimum atomic E-state index is 0. The highest BCUT2D eigenvalue weighted by Crippen LogP contribution is 2.15. The molecule has 26 heavy (non-hydrogen) atoms. The Balaban J connectivity index is 0.00000338. The number of oxazole rings is 1. The predicted octanol–water partition coefficient (Wildman–Crippen LogP) is 3.66. The van der Waals surface area contributed by atoms with Gasteiger partial charge in [-0.25, -0.2) is 9.98 Å². The van der Waals surface area contributed by atoms with Crippen LogP contribution in [0.3, 0.4) is 0 Å². The van der Waals surface area contributed by atoms with E-state index in [9.17, 15) is 0 Å². The number of aromatic nitrogens is 1. The van der Waals surface area contributed by atoms with E-state index in [1.807, 2.05) is 32.9 Å². The van der Waals surface area contributed by atoms with E-state index in [0.717, 1.165) is 29.7 Å². The van der Waals surface area contributed by atoms with Crippen LogP contribution in [0, 0.1) is 27.7 Å². The van der Waals surface area contributed by atoms with Gasteiger partial charge < -0.3 is 19.8 Å². The van der Waals surface area contributed by atoms with Crippen LogP contribution in [0.4, 0.5) is 0 Å². The van der Waals surface area contributed by atoms with Crippen molar-refractivity contribution >= 4 is 29.9 Å². The minimum Gasteiger partial charge on any atom is -0.492 e. The molecular weight excluding hydrogens is 443 g/mol. The molecule has 0 fully saturated rings. The third-order valence-corrected chi connectivity index (χ3v) is 3.65. The second kappa shape index (κ2) is 11.1. The first-order valence-corrected chi connectivity index (χ1v) is 8.64. The first-order valence-electron chi connectivity index (χ1n) is 8.64. The summed E-state index contributed by atoms with van der Waals surface area (Å²) >= 11 is 0. The molecule has 0 aliphatic heterocycles. The average molecular weight is 472 g/mol. The molecule has 2 rings (SSSR count). The molecule has 0 aliphatic carbocycles. The van der Waals surface area contributed by atoms with E-state index in [2.05, 4.69) is 40.5 Å². The van der Waals surface area contributed by atoms with Crippen LogP contribution in [0.1, 0.15) is 35.4 Å². The van der Waals surface area contributed by atoms with E-state index in [1.165, 1.54) is 11.1 Å². The van der Waals surface area contributed by atoms with Crippen LogP contribution < -0.4 is 15.4 Å². The Morgan fingerprint density at radius 1 is 1.12 bits per heavy atom. The smallest absolute Gasteiger partial charge is 0.216 e. The highest BCUT2D eigenvalue weighted by molar-refractivity contribution is 14.0. The number of aryl methyl sites for hydroxylation is 4. The molecule has 1 heterocycles. The van der Waals surface area contributed by atoms with Crippen LogP contribution >= 0.6 is 24.0 Å². The van der Waals surface area contributed by atoms with Crippen LogP contribution in [-0.4, -0.2) is 30.6 Å². The molecule has 0 radical (unpaired) electrons. The van der Waals surface area contributed by atoms with Gasteiger partial charge in [-0.2, -0.15) is 0 Å². The molecule has 0 spiro atoms. The van der Waals surface area contributed by atoms with Crippen molar-refractivity contribution in [2.24, 2.45) is 4.99 Å². The molecule has 0 saturated carbocycles. The lowest BCUT2D eigenvalue weighted by molar-refractivity contribution is 0.321.